The number of hydrogen-bond acceptors (Lipinski definition) is 3. The second kappa shape index (κ2) is 4.08. The van der Waals surface area contributed by atoms with Gasteiger partial charge in [-0.05, 0) is 18.1 Å². The summed E-state index contributed by atoms with van der Waals surface area (Å²) < 4.78 is 5.16. The van der Waals surface area contributed by atoms with E-state index >= 15 is 0 Å². The summed E-state index contributed by atoms with van der Waals surface area (Å²) in [5, 5.41) is 0. The molecule has 0 saturated heterocycles. The Morgan fingerprint density at radius 1 is 1.50 bits per heavy atom. The summed E-state index contributed by atoms with van der Waals surface area (Å²) in [4.78, 5) is 23.3. The molecule has 16 heavy (non-hydrogen) atoms. The number of esters is 1. The highest BCUT2D eigenvalue weighted by atomic mass is 16.5. The predicted molar refractivity (Wildman–Crippen MR) is 59.4 cm³/mol. The lowest BCUT2D eigenvalue weighted by molar-refractivity contribution is -0.127. The average molecular weight is 218 g/mol. The number of cyclic esters (lactones) is 1. The Kier molecular flexibility index (Phi) is 2.77. The third kappa shape index (κ3) is 1.73. The minimum Gasteiger partial charge on any atom is -0.450 e. The molecule has 2 rings (SSSR count). The van der Waals surface area contributed by atoms with Crippen LogP contribution in [-0.2, 0) is 16.0 Å². The van der Waals surface area contributed by atoms with Crippen molar-refractivity contribution >= 4 is 11.8 Å². The van der Waals surface area contributed by atoms with Crippen molar-refractivity contribution in [2.45, 2.75) is 32.8 Å². The van der Waals surface area contributed by atoms with Gasteiger partial charge in [0, 0.05) is 12.8 Å². The number of hydrogen-bond donors (Lipinski definition) is 0. The number of carbonyl (C=O) groups excluding carboxylic acids is 2. The highest BCUT2D eigenvalue weighted by Crippen LogP contribution is 2.24. The van der Waals surface area contributed by atoms with E-state index in [4.69, 9.17) is 4.74 Å². The number of Topliss-reactive ketones (excluding diaryl/α,β-unsaturated/α-hetero) is 1. The molecule has 1 aromatic carbocycles. The number of ether oxygens (including phenoxy) is 1. The fourth-order valence-corrected chi connectivity index (χ4v) is 2.03. The molecule has 0 amide bonds. The summed E-state index contributed by atoms with van der Waals surface area (Å²) >= 11 is 0. The van der Waals surface area contributed by atoms with Crippen LogP contribution in [0.15, 0.2) is 18.2 Å². The van der Waals surface area contributed by atoms with Crippen molar-refractivity contribution in [3.63, 3.8) is 0 Å². The molecule has 1 aliphatic rings. The molecule has 3 heteroatoms. The molecule has 0 spiro atoms. The van der Waals surface area contributed by atoms with E-state index in [9.17, 15) is 9.59 Å². The number of ketones is 1. The van der Waals surface area contributed by atoms with Crippen LogP contribution in [0.5, 0.6) is 0 Å². The molecule has 1 atom stereocenters. The van der Waals surface area contributed by atoms with Crippen molar-refractivity contribution in [3.8, 4) is 0 Å². The average Bonchev–Trinajstić information content (AvgIpc) is 2.27. The van der Waals surface area contributed by atoms with Gasteiger partial charge in [-0.3, -0.25) is 4.79 Å². The van der Waals surface area contributed by atoms with Crippen molar-refractivity contribution in [1.29, 1.82) is 0 Å². The number of aryl methyl sites for hydroxylation is 1. The smallest absolute Gasteiger partial charge is 0.339 e. The Hall–Kier alpha value is -1.64. The molecule has 0 radical (unpaired) electrons. The molecule has 0 bridgehead atoms. The first kappa shape index (κ1) is 10.9. The van der Waals surface area contributed by atoms with E-state index in [0.29, 0.717) is 18.4 Å². The van der Waals surface area contributed by atoms with Gasteiger partial charge in [0.25, 0.3) is 0 Å². The van der Waals surface area contributed by atoms with Crippen molar-refractivity contribution in [2.75, 3.05) is 0 Å². The van der Waals surface area contributed by atoms with E-state index in [2.05, 4.69) is 0 Å². The summed E-state index contributed by atoms with van der Waals surface area (Å²) in [6.07, 6.45) is 0.320. The van der Waals surface area contributed by atoms with Gasteiger partial charge in [-0.2, -0.15) is 0 Å². The van der Waals surface area contributed by atoms with Gasteiger partial charge in [0.2, 0.25) is 0 Å². The monoisotopic (exact) mass is 218 g/mol. The zero-order chi connectivity index (χ0) is 11.7. The van der Waals surface area contributed by atoms with E-state index in [1.54, 1.807) is 6.92 Å². The largest absolute Gasteiger partial charge is 0.450 e. The maximum absolute atomic E-state index is 11.8. The van der Waals surface area contributed by atoms with Gasteiger partial charge in [0.15, 0.2) is 11.9 Å². The normalized spacial score (nSPS) is 18.9. The molecule has 0 N–H and O–H groups in total. The second-order valence-corrected chi connectivity index (χ2v) is 4.03. The summed E-state index contributed by atoms with van der Waals surface area (Å²) in [6, 6.07) is 5.67. The zero-order valence-corrected chi connectivity index (χ0v) is 9.45. The number of benzene rings is 1. The van der Waals surface area contributed by atoms with E-state index < -0.39 is 6.10 Å². The molecule has 0 aromatic heterocycles. The van der Waals surface area contributed by atoms with E-state index in [1.807, 2.05) is 25.1 Å². The minimum atomic E-state index is -0.591. The minimum absolute atomic E-state index is 0.0134. The van der Waals surface area contributed by atoms with Crippen molar-refractivity contribution in [1.82, 2.24) is 0 Å². The van der Waals surface area contributed by atoms with Crippen LogP contribution in [0.25, 0.3) is 0 Å². The SMILES string of the molecule is CCC(=O)C1Cc2cccc(C)c2C(=O)O1. The Labute approximate surface area is 94.4 Å². The van der Waals surface area contributed by atoms with Crippen molar-refractivity contribution in [2.24, 2.45) is 0 Å². The Bertz CT molecular complexity index is 448. The van der Waals surface area contributed by atoms with E-state index in [-0.39, 0.29) is 11.8 Å². The summed E-state index contributed by atoms with van der Waals surface area (Å²) in [7, 11) is 0. The first-order valence-electron chi connectivity index (χ1n) is 5.45. The highest BCUT2D eigenvalue weighted by Gasteiger charge is 2.30. The van der Waals surface area contributed by atoms with Gasteiger partial charge in [-0.15, -0.1) is 0 Å². The Morgan fingerprint density at radius 3 is 2.94 bits per heavy atom. The van der Waals surface area contributed by atoms with Crippen LogP contribution in [-0.4, -0.2) is 17.9 Å². The molecule has 0 aliphatic carbocycles. The molecule has 0 fully saturated rings. The third-order valence-corrected chi connectivity index (χ3v) is 2.93. The molecular formula is C13H14O3. The molecule has 3 nitrogen and oxygen atoms in total. The van der Waals surface area contributed by atoms with Crippen LogP contribution >= 0.6 is 0 Å². The standard InChI is InChI=1S/C13H14O3/c1-3-10(14)11-7-9-6-4-5-8(2)12(9)13(15)16-11/h4-6,11H,3,7H2,1-2H3. The van der Waals surface area contributed by atoms with Crippen molar-refractivity contribution < 1.29 is 14.3 Å². The molecule has 1 aliphatic heterocycles. The maximum Gasteiger partial charge on any atom is 0.339 e. The van der Waals surface area contributed by atoms with Crippen LogP contribution in [0.3, 0.4) is 0 Å². The van der Waals surface area contributed by atoms with Crippen LogP contribution in [0.2, 0.25) is 0 Å². The number of carbonyl (C=O) groups is 2. The van der Waals surface area contributed by atoms with Gasteiger partial charge in [0.1, 0.15) is 0 Å². The third-order valence-electron chi connectivity index (χ3n) is 2.93. The Balaban J connectivity index is 2.37. The van der Waals surface area contributed by atoms with Gasteiger partial charge >= 0.3 is 5.97 Å². The lowest BCUT2D eigenvalue weighted by Gasteiger charge is -2.24. The van der Waals surface area contributed by atoms with Crippen LogP contribution in [0, 0.1) is 6.92 Å². The molecular weight excluding hydrogens is 204 g/mol. The van der Waals surface area contributed by atoms with E-state index in [1.165, 1.54) is 0 Å². The topological polar surface area (TPSA) is 43.4 Å². The lowest BCUT2D eigenvalue weighted by Crippen LogP contribution is -2.34. The molecule has 1 unspecified atom stereocenters. The maximum atomic E-state index is 11.8. The lowest BCUT2D eigenvalue weighted by atomic mass is 9.93. The van der Waals surface area contributed by atoms with Gasteiger partial charge < -0.3 is 4.74 Å². The summed E-state index contributed by atoms with van der Waals surface area (Å²) in [5.41, 5.74) is 2.45. The van der Waals surface area contributed by atoms with Gasteiger partial charge in [0.05, 0.1) is 5.56 Å². The van der Waals surface area contributed by atoms with Crippen LogP contribution in [0.4, 0.5) is 0 Å². The van der Waals surface area contributed by atoms with Crippen LogP contribution in [0.1, 0.15) is 34.8 Å². The molecule has 84 valence electrons. The molecule has 1 aromatic rings. The fraction of sp³-hybridized carbons (Fsp3) is 0.385. The molecule has 0 saturated carbocycles. The second-order valence-electron chi connectivity index (χ2n) is 4.03. The highest BCUT2D eigenvalue weighted by molar-refractivity contribution is 5.97. The first-order chi connectivity index (χ1) is 7.63. The molecule has 1 heterocycles. The predicted octanol–water partition coefficient (Wildman–Crippen LogP) is 2.06. The van der Waals surface area contributed by atoms with Gasteiger partial charge in [-0.25, -0.2) is 4.79 Å². The summed E-state index contributed by atoms with van der Waals surface area (Å²) in [5.74, 6) is -0.383. The quantitative estimate of drug-likeness (QED) is 0.713. The zero-order valence-electron chi connectivity index (χ0n) is 9.45. The van der Waals surface area contributed by atoms with E-state index in [0.717, 1.165) is 11.1 Å². The van der Waals surface area contributed by atoms with Crippen molar-refractivity contribution in [3.05, 3.63) is 34.9 Å². The Morgan fingerprint density at radius 2 is 2.25 bits per heavy atom. The first-order valence-corrected chi connectivity index (χ1v) is 5.45. The fourth-order valence-electron chi connectivity index (χ4n) is 2.03. The summed E-state index contributed by atoms with van der Waals surface area (Å²) in [6.45, 7) is 3.66. The number of rotatable bonds is 2. The number of fused-ring (bicyclic) bond motifs is 1. The van der Waals surface area contributed by atoms with Crippen LogP contribution < -0.4 is 0 Å². The van der Waals surface area contributed by atoms with Gasteiger partial charge in [-0.1, -0.05) is 25.1 Å².